The molecule has 1 aliphatic heterocycles. The molecule has 1 aromatic heterocycles. The summed E-state index contributed by atoms with van der Waals surface area (Å²) in [6.07, 6.45) is -7.30. The molecule has 3 aromatic carbocycles. The van der Waals surface area contributed by atoms with Crippen LogP contribution in [0.25, 0.3) is 11.1 Å². The third kappa shape index (κ3) is 6.08. The van der Waals surface area contributed by atoms with Crippen LogP contribution in [-0.2, 0) is 12.0 Å². The number of hydrogen-bond donors (Lipinski definition) is 0. The van der Waals surface area contributed by atoms with E-state index >= 15 is 0 Å². The molecule has 2 heterocycles. The lowest BCUT2D eigenvalue weighted by molar-refractivity contribution is -0.297. The minimum atomic E-state index is -5.47. The molecule has 0 aliphatic carbocycles. The molecule has 0 spiro atoms. The van der Waals surface area contributed by atoms with E-state index in [2.05, 4.69) is 51.2 Å². The van der Waals surface area contributed by atoms with Gasteiger partial charge < -0.3 is 0 Å². The number of alkyl halides is 6. The average Bonchev–Trinajstić information content (AvgIpc) is 2.98. The quantitative estimate of drug-likeness (QED) is 0.205. The van der Waals surface area contributed by atoms with E-state index in [-0.39, 0.29) is 13.0 Å². The fraction of sp³-hybridized carbons (Fsp3) is 0.303. The highest BCUT2D eigenvalue weighted by Gasteiger charge is 2.68. The largest absolute Gasteiger partial charge is 0.406 e. The lowest BCUT2D eigenvalue weighted by atomic mass is 9.80. The van der Waals surface area contributed by atoms with Gasteiger partial charge in [-0.05, 0) is 52.4 Å². The minimum Gasteiger partial charge on any atom is -0.297 e. The van der Waals surface area contributed by atoms with Gasteiger partial charge in [-0.3, -0.25) is 14.8 Å². The number of aromatic nitrogens is 1. The van der Waals surface area contributed by atoms with Crippen molar-refractivity contribution in [1.29, 1.82) is 0 Å². The number of pyridine rings is 1. The standard InChI is InChI=1S/C33H31F6N3/c1-31(32(34,35)36,33(37,38)39)29-13-11-26(12-14-29)25-9-7-24(8-10-25)23-41-19-21-42(22-20-41)30(27-5-3-2-4-6-27)28-15-17-40-18-16-28/h2-18,30H,19-23H2,1H3. The van der Waals surface area contributed by atoms with Crippen molar-refractivity contribution >= 4 is 0 Å². The van der Waals surface area contributed by atoms with Gasteiger partial charge in [-0.1, -0.05) is 78.9 Å². The van der Waals surface area contributed by atoms with Crippen molar-refractivity contribution in [3.05, 3.63) is 126 Å². The summed E-state index contributed by atoms with van der Waals surface area (Å²) in [4.78, 5) is 9.03. The van der Waals surface area contributed by atoms with Crippen LogP contribution in [0.5, 0.6) is 0 Å². The smallest absolute Gasteiger partial charge is 0.297 e. The number of benzene rings is 3. The Morgan fingerprint density at radius 3 is 1.67 bits per heavy atom. The second kappa shape index (κ2) is 11.9. The maximum Gasteiger partial charge on any atom is 0.406 e. The predicted octanol–water partition coefficient (Wildman–Crippen LogP) is 8.04. The molecule has 1 atom stereocenters. The topological polar surface area (TPSA) is 19.4 Å². The summed E-state index contributed by atoms with van der Waals surface area (Å²) in [5.41, 5.74) is 0.0236. The van der Waals surface area contributed by atoms with Crippen LogP contribution in [0.4, 0.5) is 26.3 Å². The summed E-state index contributed by atoms with van der Waals surface area (Å²) in [6, 6.07) is 26.8. The van der Waals surface area contributed by atoms with Gasteiger partial charge in [0.1, 0.15) is 0 Å². The van der Waals surface area contributed by atoms with Crippen molar-refractivity contribution in [1.82, 2.24) is 14.8 Å². The molecule has 1 unspecified atom stereocenters. The van der Waals surface area contributed by atoms with E-state index in [1.165, 1.54) is 23.3 Å². The van der Waals surface area contributed by atoms with Gasteiger partial charge in [-0.25, -0.2) is 0 Å². The molecule has 1 aliphatic rings. The average molecular weight is 584 g/mol. The Balaban J connectivity index is 1.23. The van der Waals surface area contributed by atoms with E-state index in [4.69, 9.17) is 0 Å². The molecule has 1 fully saturated rings. The Morgan fingerprint density at radius 1 is 0.643 bits per heavy atom. The molecular formula is C33H31F6N3. The van der Waals surface area contributed by atoms with E-state index in [0.29, 0.717) is 5.56 Å². The van der Waals surface area contributed by atoms with E-state index in [1.54, 1.807) is 0 Å². The van der Waals surface area contributed by atoms with E-state index in [9.17, 15) is 26.3 Å². The van der Waals surface area contributed by atoms with Crippen molar-refractivity contribution in [3.63, 3.8) is 0 Å². The molecule has 5 rings (SSSR count). The summed E-state index contributed by atoms with van der Waals surface area (Å²) in [6.45, 7) is 4.47. The highest BCUT2D eigenvalue weighted by Crippen LogP contribution is 2.51. The third-order valence-corrected chi connectivity index (χ3v) is 8.20. The number of nitrogens with zero attached hydrogens (tertiary/aromatic N) is 3. The Hall–Kier alpha value is -3.69. The molecule has 42 heavy (non-hydrogen) atoms. The first-order valence-corrected chi connectivity index (χ1v) is 13.7. The van der Waals surface area contributed by atoms with Crippen LogP contribution in [0, 0.1) is 0 Å². The minimum absolute atomic E-state index is 0.146. The van der Waals surface area contributed by atoms with Crippen molar-refractivity contribution in [2.24, 2.45) is 0 Å². The molecule has 3 nitrogen and oxygen atoms in total. The van der Waals surface area contributed by atoms with Gasteiger partial charge in [0.2, 0.25) is 0 Å². The summed E-state index contributed by atoms with van der Waals surface area (Å²) >= 11 is 0. The maximum absolute atomic E-state index is 13.4. The van der Waals surface area contributed by atoms with Crippen LogP contribution < -0.4 is 0 Å². The van der Waals surface area contributed by atoms with Crippen LogP contribution >= 0.6 is 0 Å². The van der Waals surface area contributed by atoms with E-state index in [0.717, 1.165) is 56.0 Å². The molecule has 0 radical (unpaired) electrons. The number of rotatable bonds is 7. The zero-order chi connectivity index (χ0) is 30.0. The molecular weight excluding hydrogens is 552 g/mol. The summed E-state index contributed by atoms with van der Waals surface area (Å²) in [5, 5.41) is 0. The van der Waals surface area contributed by atoms with Gasteiger partial charge in [0, 0.05) is 45.1 Å². The second-order valence-corrected chi connectivity index (χ2v) is 10.8. The number of hydrogen-bond acceptors (Lipinski definition) is 3. The highest BCUT2D eigenvalue weighted by molar-refractivity contribution is 5.64. The monoisotopic (exact) mass is 583 g/mol. The highest BCUT2D eigenvalue weighted by atomic mass is 19.4. The summed E-state index contributed by atoms with van der Waals surface area (Å²) in [5.74, 6) is 0. The lowest BCUT2D eigenvalue weighted by Gasteiger charge is -2.39. The molecule has 0 N–H and O–H groups in total. The molecule has 0 bridgehead atoms. The van der Waals surface area contributed by atoms with Gasteiger partial charge in [0.05, 0.1) is 6.04 Å². The van der Waals surface area contributed by atoms with E-state index in [1.807, 2.05) is 42.7 Å². The van der Waals surface area contributed by atoms with Crippen molar-refractivity contribution in [2.45, 2.75) is 37.3 Å². The van der Waals surface area contributed by atoms with Crippen LogP contribution in [0.1, 0.15) is 35.2 Å². The molecule has 1 saturated heterocycles. The summed E-state index contributed by atoms with van der Waals surface area (Å²) in [7, 11) is 0. The summed E-state index contributed by atoms with van der Waals surface area (Å²) < 4.78 is 80.6. The maximum atomic E-state index is 13.4. The van der Waals surface area contributed by atoms with Crippen LogP contribution in [0.3, 0.4) is 0 Å². The zero-order valence-corrected chi connectivity index (χ0v) is 23.0. The first-order valence-electron chi connectivity index (χ1n) is 13.7. The molecule has 220 valence electrons. The third-order valence-electron chi connectivity index (χ3n) is 8.20. The van der Waals surface area contributed by atoms with Crippen LogP contribution in [0.15, 0.2) is 103 Å². The lowest BCUT2D eigenvalue weighted by Crippen LogP contribution is -2.51. The van der Waals surface area contributed by atoms with E-state index < -0.39 is 23.3 Å². The van der Waals surface area contributed by atoms with Gasteiger partial charge in [-0.15, -0.1) is 0 Å². The fourth-order valence-corrected chi connectivity index (χ4v) is 5.52. The first-order chi connectivity index (χ1) is 20.0. The molecule has 9 heteroatoms. The second-order valence-electron chi connectivity index (χ2n) is 10.8. The Bertz CT molecular complexity index is 1370. The molecule has 0 amide bonds. The predicted molar refractivity (Wildman–Crippen MR) is 151 cm³/mol. The first kappa shape index (κ1) is 29.8. The SMILES string of the molecule is CC(c1ccc(-c2ccc(CN3CCN(C(c4ccccc4)c4ccncc4)CC3)cc2)cc1)(C(F)(F)F)C(F)(F)F. The van der Waals surface area contributed by atoms with Gasteiger partial charge in [0.25, 0.3) is 0 Å². The zero-order valence-electron chi connectivity index (χ0n) is 23.0. The Kier molecular flexibility index (Phi) is 8.44. The normalized spacial score (nSPS) is 16.4. The molecule has 4 aromatic rings. The fourth-order valence-electron chi connectivity index (χ4n) is 5.52. The van der Waals surface area contributed by atoms with Gasteiger partial charge in [-0.2, -0.15) is 26.3 Å². The van der Waals surface area contributed by atoms with Crippen LogP contribution in [-0.4, -0.2) is 53.3 Å². The van der Waals surface area contributed by atoms with Crippen molar-refractivity contribution in [3.8, 4) is 11.1 Å². The Morgan fingerprint density at radius 2 is 1.14 bits per heavy atom. The van der Waals surface area contributed by atoms with Crippen molar-refractivity contribution < 1.29 is 26.3 Å². The van der Waals surface area contributed by atoms with Gasteiger partial charge >= 0.3 is 12.4 Å². The van der Waals surface area contributed by atoms with Gasteiger partial charge in [0.15, 0.2) is 5.41 Å². The number of piperazine rings is 1. The molecule has 0 saturated carbocycles. The number of halogens is 6. The van der Waals surface area contributed by atoms with Crippen molar-refractivity contribution in [2.75, 3.05) is 26.2 Å². The Labute approximate surface area is 241 Å². The van der Waals surface area contributed by atoms with Crippen LogP contribution in [0.2, 0.25) is 0 Å².